The van der Waals surface area contributed by atoms with Gasteiger partial charge in [-0.2, -0.15) is 0 Å². The zero-order valence-corrected chi connectivity index (χ0v) is 23.5. The number of methoxy groups -OCH3 is 2. The lowest BCUT2D eigenvalue weighted by molar-refractivity contribution is 0.134. The predicted molar refractivity (Wildman–Crippen MR) is 153 cm³/mol. The van der Waals surface area contributed by atoms with Crippen LogP contribution in [0.15, 0.2) is 42.7 Å². The van der Waals surface area contributed by atoms with Crippen LogP contribution in [0.3, 0.4) is 0 Å². The Hall–Kier alpha value is -3.51. The van der Waals surface area contributed by atoms with Gasteiger partial charge in [0.1, 0.15) is 51.9 Å². The molecule has 1 aromatic heterocycles. The van der Waals surface area contributed by atoms with Crippen molar-refractivity contribution < 1.29 is 19.0 Å². The fraction of sp³-hybridized carbons (Fsp3) is 0.346. The molecule has 3 N–H and O–H groups in total. The number of hydrogen-bond acceptors (Lipinski definition) is 9. The standard InChI is InChI=1S/C26H31Cl2N7O4/c1-34-8-10-35(11-9-34)12-13-39-18-6-4-17(5-7-18)31-21-15-22(30-16-29-21)32-26(36)33-25-23(27)19(37-2)14-20(38-3)24(25)28/h4-7,14-16H,8-13H2,1-3H3,(H3,29,30,31,32,33,36). The molecular weight excluding hydrogens is 545 g/mol. The molecule has 1 fully saturated rings. The predicted octanol–water partition coefficient (Wildman–Crippen LogP) is 4.81. The van der Waals surface area contributed by atoms with E-state index in [0.717, 1.165) is 44.2 Å². The van der Waals surface area contributed by atoms with Crippen LogP contribution in [0.5, 0.6) is 17.2 Å². The van der Waals surface area contributed by atoms with Crippen LogP contribution >= 0.6 is 23.2 Å². The Bertz CT molecular complexity index is 1240. The summed E-state index contributed by atoms with van der Waals surface area (Å²) in [6.07, 6.45) is 1.34. The molecule has 0 bridgehead atoms. The zero-order chi connectivity index (χ0) is 27.8. The Kier molecular flexibility index (Phi) is 9.88. The molecule has 0 atom stereocenters. The number of urea groups is 1. The lowest BCUT2D eigenvalue weighted by atomic mass is 10.2. The van der Waals surface area contributed by atoms with Gasteiger partial charge >= 0.3 is 6.03 Å². The van der Waals surface area contributed by atoms with E-state index in [9.17, 15) is 4.79 Å². The SMILES string of the molecule is COc1cc(OC)c(Cl)c(NC(=O)Nc2cc(Nc3ccc(OCCN4CCN(C)CC4)cc3)ncn2)c1Cl. The van der Waals surface area contributed by atoms with Gasteiger partial charge in [-0.1, -0.05) is 23.2 Å². The van der Waals surface area contributed by atoms with Gasteiger partial charge in [0.05, 0.1) is 19.9 Å². The summed E-state index contributed by atoms with van der Waals surface area (Å²) in [7, 11) is 5.04. The highest BCUT2D eigenvalue weighted by Crippen LogP contribution is 2.44. The lowest BCUT2D eigenvalue weighted by Gasteiger charge is -2.32. The van der Waals surface area contributed by atoms with Crippen LogP contribution in [0.4, 0.5) is 27.8 Å². The first-order chi connectivity index (χ1) is 18.9. The van der Waals surface area contributed by atoms with Crippen LogP contribution in [-0.4, -0.2) is 86.4 Å². The van der Waals surface area contributed by atoms with Gasteiger partial charge in [-0.05, 0) is 31.3 Å². The Labute approximate surface area is 237 Å². The number of carbonyl (C=O) groups is 1. The second-order valence-corrected chi connectivity index (χ2v) is 9.55. The van der Waals surface area contributed by atoms with Crippen LogP contribution in [0.25, 0.3) is 0 Å². The molecule has 2 aromatic carbocycles. The van der Waals surface area contributed by atoms with Crippen LogP contribution in [0.2, 0.25) is 10.0 Å². The molecule has 0 radical (unpaired) electrons. The van der Waals surface area contributed by atoms with E-state index in [1.54, 1.807) is 6.07 Å². The number of amides is 2. The van der Waals surface area contributed by atoms with Crippen molar-refractivity contribution in [2.24, 2.45) is 0 Å². The number of carbonyl (C=O) groups excluding carboxylic acids is 1. The first kappa shape index (κ1) is 28.5. The number of ether oxygens (including phenoxy) is 3. The first-order valence-corrected chi connectivity index (χ1v) is 13.0. The van der Waals surface area contributed by atoms with E-state index >= 15 is 0 Å². The minimum Gasteiger partial charge on any atom is -0.495 e. The van der Waals surface area contributed by atoms with Gasteiger partial charge in [-0.3, -0.25) is 10.2 Å². The Morgan fingerprint density at radius 2 is 1.56 bits per heavy atom. The molecule has 0 aliphatic carbocycles. The van der Waals surface area contributed by atoms with Gasteiger partial charge in [0, 0.05) is 50.5 Å². The van der Waals surface area contributed by atoms with Crippen molar-refractivity contribution in [2.45, 2.75) is 0 Å². The summed E-state index contributed by atoms with van der Waals surface area (Å²) in [6.45, 7) is 5.85. The second kappa shape index (κ2) is 13.5. The van der Waals surface area contributed by atoms with E-state index in [2.05, 4.69) is 42.8 Å². The number of anilines is 4. The minimum absolute atomic E-state index is 0.134. The van der Waals surface area contributed by atoms with Gasteiger partial charge in [0.2, 0.25) is 0 Å². The van der Waals surface area contributed by atoms with Crippen molar-refractivity contribution in [2.75, 3.05) is 76.5 Å². The molecule has 11 nitrogen and oxygen atoms in total. The average Bonchev–Trinajstić information content (AvgIpc) is 2.93. The maximum atomic E-state index is 12.7. The highest BCUT2D eigenvalue weighted by Gasteiger charge is 2.19. The number of benzene rings is 2. The van der Waals surface area contributed by atoms with Crippen LogP contribution in [0.1, 0.15) is 0 Å². The smallest absolute Gasteiger partial charge is 0.324 e. The van der Waals surface area contributed by atoms with Crippen LogP contribution in [-0.2, 0) is 0 Å². The van der Waals surface area contributed by atoms with Gasteiger partial charge < -0.3 is 29.7 Å². The molecule has 2 heterocycles. The molecular formula is C26H31Cl2N7O4. The van der Waals surface area contributed by atoms with Crippen LogP contribution in [0, 0.1) is 0 Å². The van der Waals surface area contributed by atoms with Crippen molar-refractivity contribution in [1.29, 1.82) is 0 Å². The molecule has 2 amide bonds. The molecule has 3 aromatic rings. The number of hydrogen-bond donors (Lipinski definition) is 3. The highest BCUT2D eigenvalue weighted by atomic mass is 35.5. The summed E-state index contributed by atoms with van der Waals surface area (Å²) in [5.74, 6) is 2.14. The first-order valence-electron chi connectivity index (χ1n) is 12.3. The molecule has 208 valence electrons. The van der Waals surface area contributed by atoms with Gasteiger partial charge in [-0.25, -0.2) is 14.8 Å². The summed E-state index contributed by atoms with van der Waals surface area (Å²) >= 11 is 12.7. The number of aromatic nitrogens is 2. The highest BCUT2D eigenvalue weighted by molar-refractivity contribution is 6.41. The number of rotatable bonds is 10. The molecule has 1 aliphatic rings. The zero-order valence-electron chi connectivity index (χ0n) is 22.0. The normalized spacial score (nSPS) is 14.0. The average molecular weight is 576 g/mol. The third-order valence-electron chi connectivity index (χ3n) is 6.12. The largest absolute Gasteiger partial charge is 0.495 e. The van der Waals surface area contributed by atoms with Crippen molar-refractivity contribution in [1.82, 2.24) is 19.8 Å². The van der Waals surface area contributed by atoms with Crippen LogP contribution < -0.4 is 30.2 Å². The van der Waals surface area contributed by atoms with E-state index < -0.39 is 6.03 Å². The summed E-state index contributed by atoms with van der Waals surface area (Å²) in [5.41, 5.74) is 0.947. The monoisotopic (exact) mass is 575 g/mol. The van der Waals surface area contributed by atoms with Crippen molar-refractivity contribution in [3.8, 4) is 17.2 Å². The third kappa shape index (κ3) is 7.76. The van der Waals surface area contributed by atoms with Gasteiger partial charge in [-0.15, -0.1) is 0 Å². The lowest BCUT2D eigenvalue weighted by Crippen LogP contribution is -2.45. The van der Waals surface area contributed by atoms with E-state index in [0.29, 0.717) is 23.9 Å². The molecule has 0 saturated carbocycles. The maximum Gasteiger partial charge on any atom is 0.324 e. The summed E-state index contributed by atoms with van der Waals surface area (Å²) in [4.78, 5) is 25.7. The molecule has 0 spiro atoms. The van der Waals surface area contributed by atoms with Crippen molar-refractivity contribution >= 4 is 52.2 Å². The fourth-order valence-corrected chi connectivity index (χ4v) is 4.49. The van der Waals surface area contributed by atoms with E-state index in [4.69, 9.17) is 37.4 Å². The Morgan fingerprint density at radius 1 is 0.923 bits per heavy atom. The number of halogens is 2. The van der Waals surface area contributed by atoms with Gasteiger partial charge in [0.25, 0.3) is 0 Å². The summed E-state index contributed by atoms with van der Waals surface area (Å²) < 4.78 is 16.4. The summed E-state index contributed by atoms with van der Waals surface area (Å²) in [6, 6.07) is 10.1. The summed E-state index contributed by atoms with van der Waals surface area (Å²) in [5, 5.41) is 8.72. The number of piperazine rings is 1. The third-order valence-corrected chi connectivity index (χ3v) is 6.87. The molecule has 1 saturated heterocycles. The maximum absolute atomic E-state index is 12.7. The van der Waals surface area contributed by atoms with E-state index in [1.807, 2.05) is 24.3 Å². The Balaban J connectivity index is 1.31. The second-order valence-electron chi connectivity index (χ2n) is 8.79. The molecule has 39 heavy (non-hydrogen) atoms. The number of nitrogens with zero attached hydrogens (tertiary/aromatic N) is 4. The number of nitrogens with one attached hydrogen (secondary N) is 3. The minimum atomic E-state index is -0.614. The quantitative estimate of drug-likeness (QED) is 0.313. The topological polar surface area (TPSA) is 113 Å². The van der Waals surface area contributed by atoms with E-state index in [1.165, 1.54) is 26.6 Å². The number of likely N-dealkylation sites (N-methyl/N-ethyl adjacent to an activating group) is 1. The fourth-order valence-electron chi connectivity index (χ4n) is 3.90. The van der Waals surface area contributed by atoms with E-state index in [-0.39, 0.29) is 21.6 Å². The van der Waals surface area contributed by atoms with Crippen molar-refractivity contribution in [3.05, 3.63) is 52.8 Å². The Morgan fingerprint density at radius 3 is 2.21 bits per heavy atom. The molecule has 1 aliphatic heterocycles. The van der Waals surface area contributed by atoms with Crippen molar-refractivity contribution in [3.63, 3.8) is 0 Å². The molecule has 4 rings (SSSR count). The van der Waals surface area contributed by atoms with Gasteiger partial charge in [0.15, 0.2) is 0 Å². The molecule has 13 heteroatoms. The molecule has 0 unspecified atom stereocenters.